The summed E-state index contributed by atoms with van der Waals surface area (Å²) in [5, 5.41) is 13.0. The molecule has 0 aliphatic heterocycles. The lowest BCUT2D eigenvalue weighted by Gasteiger charge is -2.33. The van der Waals surface area contributed by atoms with Crippen molar-refractivity contribution in [3.8, 4) is 0 Å². The Hall–Kier alpha value is -0.120. The third-order valence-electron chi connectivity index (χ3n) is 4.17. The van der Waals surface area contributed by atoms with Gasteiger partial charge in [0.1, 0.15) is 0 Å². The van der Waals surface area contributed by atoms with Gasteiger partial charge in [-0.05, 0) is 65.6 Å². The summed E-state index contributed by atoms with van der Waals surface area (Å²) in [6.45, 7) is 8.88. The lowest BCUT2D eigenvalue weighted by atomic mass is 9.98. The van der Waals surface area contributed by atoms with Crippen LogP contribution >= 0.6 is 0 Å². The average Bonchev–Trinajstić information content (AvgIpc) is 3.16. The van der Waals surface area contributed by atoms with Gasteiger partial charge in [0.15, 0.2) is 0 Å². The summed E-state index contributed by atoms with van der Waals surface area (Å²) in [5.41, 5.74) is -0.118. The lowest BCUT2D eigenvalue weighted by Crippen LogP contribution is -2.48. The van der Waals surface area contributed by atoms with Gasteiger partial charge in [-0.1, -0.05) is 6.92 Å². The molecule has 2 unspecified atom stereocenters. The molecular formula is C14H30N2O. The summed E-state index contributed by atoms with van der Waals surface area (Å²) < 4.78 is 0. The molecule has 102 valence electrons. The van der Waals surface area contributed by atoms with Gasteiger partial charge in [-0.15, -0.1) is 0 Å². The van der Waals surface area contributed by atoms with Gasteiger partial charge in [0.2, 0.25) is 0 Å². The van der Waals surface area contributed by atoms with Crippen LogP contribution in [0.25, 0.3) is 0 Å². The highest BCUT2D eigenvalue weighted by molar-refractivity contribution is 4.87. The summed E-state index contributed by atoms with van der Waals surface area (Å²) >= 11 is 0. The average molecular weight is 242 g/mol. The van der Waals surface area contributed by atoms with E-state index in [4.69, 9.17) is 0 Å². The van der Waals surface area contributed by atoms with Gasteiger partial charge in [-0.3, -0.25) is 0 Å². The monoisotopic (exact) mass is 242 g/mol. The van der Waals surface area contributed by atoms with Gasteiger partial charge in [-0.2, -0.15) is 0 Å². The highest BCUT2D eigenvalue weighted by atomic mass is 16.3. The Morgan fingerprint density at radius 2 is 2.12 bits per heavy atom. The van der Waals surface area contributed by atoms with E-state index in [0.717, 1.165) is 31.8 Å². The van der Waals surface area contributed by atoms with E-state index in [0.29, 0.717) is 6.04 Å². The Labute approximate surface area is 107 Å². The molecule has 3 nitrogen and oxygen atoms in total. The van der Waals surface area contributed by atoms with Crippen molar-refractivity contribution in [2.45, 2.75) is 58.0 Å². The highest BCUT2D eigenvalue weighted by Gasteiger charge is 2.31. The van der Waals surface area contributed by atoms with Crippen molar-refractivity contribution >= 4 is 0 Å². The molecule has 1 aliphatic rings. The van der Waals surface area contributed by atoms with Crippen LogP contribution in [0.3, 0.4) is 0 Å². The van der Waals surface area contributed by atoms with Crippen LogP contribution in [0.2, 0.25) is 0 Å². The van der Waals surface area contributed by atoms with E-state index in [9.17, 15) is 5.11 Å². The number of rotatable bonds is 9. The van der Waals surface area contributed by atoms with Crippen LogP contribution in [-0.2, 0) is 0 Å². The Morgan fingerprint density at radius 3 is 2.59 bits per heavy atom. The molecule has 1 rings (SSSR count). The number of hydrogen-bond donors (Lipinski definition) is 2. The van der Waals surface area contributed by atoms with E-state index in [2.05, 4.69) is 38.0 Å². The van der Waals surface area contributed by atoms with Crippen molar-refractivity contribution in [1.29, 1.82) is 0 Å². The fourth-order valence-corrected chi connectivity index (χ4v) is 2.22. The molecule has 0 saturated heterocycles. The second kappa shape index (κ2) is 6.72. The molecule has 0 aromatic heterocycles. The van der Waals surface area contributed by atoms with Gasteiger partial charge in [0.05, 0.1) is 6.61 Å². The van der Waals surface area contributed by atoms with Crippen molar-refractivity contribution in [1.82, 2.24) is 10.2 Å². The molecule has 3 heteroatoms. The van der Waals surface area contributed by atoms with Gasteiger partial charge < -0.3 is 15.3 Å². The Balaban J connectivity index is 2.29. The summed E-state index contributed by atoms with van der Waals surface area (Å²) in [7, 11) is 2.21. The minimum Gasteiger partial charge on any atom is -0.394 e. The van der Waals surface area contributed by atoms with Crippen LogP contribution in [0.4, 0.5) is 0 Å². The fraction of sp³-hybridized carbons (Fsp3) is 1.00. The zero-order valence-corrected chi connectivity index (χ0v) is 12.0. The molecular weight excluding hydrogens is 212 g/mol. The van der Waals surface area contributed by atoms with Crippen LogP contribution in [0, 0.1) is 5.92 Å². The Bertz CT molecular complexity index is 218. The minimum absolute atomic E-state index is 0.118. The number of nitrogens with one attached hydrogen (secondary N) is 1. The largest absolute Gasteiger partial charge is 0.394 e. The summed E-state index contributed by atoms with van der Waals surface area (Å²) in [5.74, 6) is 0.920. The molecule has 0 aromatic carbocycles. The molecule has 1 saturated carbocycles. The van der Waals surface area contributed by atoms with Crippen molar-refractivity contribution in [2.75, 3.05) is 26.7 Å². The van der Waals surface area contributed by atoms with Gasteiger partial charge in [0, 0.05) is 11.6 Å². The molecule has 17 heavy (non-hydrogen) atoms. The van der Waals surface area contributed by atoms with E-state index in [-0.39, 0.29) is 12.1 Å². The molecule has 0 bridgehead atoms. The first-order valence-electron chi connectivity index (χ1n) is 7.08. The van der Waals surface area contributed by atoms with Crippen LogP contribution in [-0.4, -0.2) is 48.3 Å². The van der Waals surface area contributed by atoms with E-state index >= 15 is 0 Å². The van der Waals surface area contributed by atoms with Crippen molar-refractivity contribution in [3.05, 3.63) is 0 Å². The summed E-state index contributed by atoms with van der Waals surface area (Å²) in [6.07, 6.45) is 4.93. The van der Waals surface area contributed by atoms with Crippen LogP contribution < -0.4 is 5.32 Å². The predicted molar refractivity (Wildman–Crippen MR) is 73.2 cm³/mol. The van der Waals surface area contributed by atoms with Crippen molar-refractivity contribution in [2.24, 2.45) is 5.92 Å². The molecule has 0 aromatic rings. The minimum atomic E-state index is -0.118. The van der Waals surface area contributed by atoms with Gasteiger partial charge in [-0.25, -0.2) is 0 Å². The first-order chi connectivity index (χ1) is 8.02. The number of nitrogens with zero attached hydrogens (tertiary/aromatic N) is 1. The number of aliphatic hydroxyl groups is 1. The third-order valence-corrected chi connectivity index (χ3v) is 4.17. The first-order valence-corrected chi connectivity index (χ1v) is 7.08. The normalized spacial score (nSPS) is 21.5. The molecule has 2 N–H and O–H groups in total. The topological polar surface area (TPSA) is 35.5 Å². The second-order valence-corrected chi connectivity index (χ2v) is 5.95. The maximum absolute atomic E-state index is 9.50. The summed E-state index contributed by atoms with van der Waals surface area (Å²) in [6, 6.07) is 0.698. The molecule has 0 radical (unpaired) electrons. The Morgan fingerprint density at radius 1 is 1.47 bits per heavy atom. The zero-order valence-electron chi connectivity index (χ0n) is 12.0. The zero-order chi connectivity index (χ0) is 12.9. The van der Waals surface area contributed by atoms with Crippen LogP contribution in [0.5, 0.6) is 0 Å². The standard InChI is InChI=1S/C14H30N2O/c1-5-9-15-14(3,11-17)8-10-16(4)12(2)13-6-7-13/h12-13,15,17H,5-11H2,1-4H3. The van der Waals surface area contributed by atoms with E-state index < -0.39 is 0 Å². The van der Waals surface area contributed by atoms with Crippen molar-refractivity contribution < 1.29 is 5.11 Å². The SMILES string of the molecule is CCCNC(C)(CO)CCN(C)C(C)C1CC1. The maximum Gasteiger partial charge on any atom is 0.0611 e. The molecule has 0 amide bonds. The molecule has 1 fully saturated rings. The first kappa shape index (κ1) is 14.9. The quantitative estimate of drug-likeness (QED) is 0.648. The van der Waals surface area contributed by atoms with Crippen molar-refractivity contribution in [3.63, 3.8) is 0 Å². The van der Waals surface area contributed by atoms with E-state index in [1.165, 1.54) is 12.8 Å². The lowest BCUT2D eigenvalue weighted by molar-refractivity contribution is 0.139. The number of hydrogen-bond acceptors (Lipinski definition) is 3. The van der Waals surface area contributed by atoms with Gasteiger partial charge >= 0.3 is 0 Å². The van der Waals surface area contributed by atoms with E-state index in [1.54, 1.807) is 0 Å². The van der Waals surface area contributed by atoms with Crippen LogP contribution in [0.1, 0.15) is 46.5 Å². The fourth-order valence-electron chi connectivity index (χ4n) is 2.22. The smallest absolute Gasteiger partial charge is 0.0611 e. The maximum atomic E-state index is 9.50. The highest BCUT2D eigenvalue weighted by Crippen LogP contribution is 2.34. The third kappa shape index (κ3) is 4.94. The molecule has 2 atom stereocenters. The molecule has 0 heterocycles. The predicted octanol–water partition coefficient (Wildman–Crippen LogP) is 1.86. The molecule has 1 aliphatic carbocycles. The number of aliphatic hydroxyl groups excluding tert-OH is 1. The van der Waals surface area contributed by atoms with Gasteiger partial charge in [0.25, 0.3) is 0 Å². The van der Waals surface area contributed by atoms with Crippen LogP contribution in [0.15, 0.2) is 0 Å². The Kier molecular flexibility index (Phi) is 5.90. The van der Waals surface area contributed by atoms with E-state index in [1.807, 2.05) is 0 Å². The molecule has 0 spiro atoms. The second-order valence-electron chi connectivity index (χ2n) is 5.95. The summed E-state index contributed by atoms with van der Waals surface area (Å²) in [4.78, 5) is 2.44.